The standard InChI is InChI=1S/C15H16N2O2/c1-16-14-9-19-8-13(14)15(18)12-7-17-6-10-4-2-3-5-11(10)12/h2-7,13-14,16H,8-9H2,1H3. The van der Waals surface area contributed by atoms with E-state index < -0.39 is 0 Å². The number of pyridine rings is 1. The highest BCUT2D eigenvalue weighted by Crippen LogP contribution is 2.24. The van der Waals surface area contributed by atoms with Gasteiger partial charge in [0.15, 0.2) is 5.78 Å². The molecule has 98 valence electrons. The molecule has 1 aromatic carbocycles. The SMILES string of the molecule is CNC1COCC1C(=O)c1cncc2ccccc12. The summed E-state index contributed by atoms with van der Waals surface area (Å²) >= 11 is 0. The second kappa shape index (κ2) is 5.07. The van der Waals surface area contributed by atoms with E-state index in [4.69, 9.17) is 4.74 Å². The minimum atomic E-state index is -0.127. The van der Waals surface area contributed by atoms with Gasteiger partial charge in [0, 0.05) is 29.4 Å². The van der Waals surface area contributed by atoms with E-state index in [9.17, 15) is 4.79 Å². The van der Waals surface area contributed by atoms with Gasteiger partial charge in [0.1, 0.15) is 0 Å². The van der Waals surface area contributed by atoms with Gasteiger partial charge >= 0.3 is 0 Å². The largest absolute Gasteiger partial charge is 0.379 e. The molecule has 2 heterocycles. The summed E-state index contributed by atoms with van der Waals surface area (Å²) in [7, 11) is 1.86. The number of ketones is 1. The van der Waals surface area contributed by atoms with Crippen molar-refractivity contribution in [2.45, 2.75) is 6.04 Å². The molecule has 0 spiro atoms. The Labute approximate surface area is 111 Å². The summed E-state index contributed by atoms with van der Waals surface area (Å²) in [5.41, 5.74) is 0.689. The highest BCUT2D eigenvalue weighted by atomic mass is 16.5. The summed E-state index contributed by atoms with van der Waals surface area (Å²) in [6.45, 7) is 1.07. The zero-order valence-corrected chi connectivity index (χ0v) is 10.8. The second-order valence-electron chi connectivity index (χ2n) is 4.81. The molecule has 4 heteroatoms. The van der Waals surface area contributed by atoms with Crippen molar-refractivity contribution < 1.29 is 9.53 Å². The summed E-state index contributed by atoms with van der Waals surface area (Å²) in [6.07, 6.45) is 3.45. The highest BCUT2D eigenvalue weighted by molar-refractivity contribution is 6.09. The van der Waals surface area contributed by atoms with Gasteiger partial charge in [-0.05, 0) is 12.4 Å². The number of rotatable bonds is 3. The number of hydrogen-bond donors (Lipinski definition) is 1. The number of ether oxygens (including phenoxy) is 1. The van der Waals surface area contributed by atoms with Crippen molar-refractivity contribution in [3.05, 3.63) is 42.2 Å². The number of benzene rings is 1. The first-order chi connectivity index (χ1) is 9.31. The van der Waals surface area contributed by atoms with Gasteiger partial charge in [0.25, 0.3) is 0 Å². The maximum absolute atomic E-state index is 12.7. The summed E-state index contributed by atoms with van der Waals surface area (Å²) in [4.78, 5) is 16.8. The monoisotopic (exact) mass is 256 g/mol. The maximum atomic E-state index is 12.7. The number of fused-ring (bicyclic) bond motifs is 1. The lowest BCUT2D eigenvalue weighted by atomic mass is 9.92. The van der Waals surface area contributed by atoms with Crippen LogP contribution < -0.4 is 5.32 Å². The number of Topliss-reactive ketones (excluding diaryl/α,β-unsaturated/α-hetero) is 1. The van der Waals surface area contributed by atoms with Crippen LogP contribution in [0.3, 0.4) is 0 Å². The fourth-order valence-corrected chi connectivity index (χ4v) is 2.61. The Morgan fingerprint density at radius 1 is 1.32 bits per heavy atom. The van der Waals surface area contributed by atoms with Crippen LogP contribution in [0.5, 0.6) is 0 Å². The van der Waals surface area contributed by atoms with Crippen LogP contribution in [0.25, 0.3) is 10.8 Å². The molecule has 0 bridgehead atoms. The van der Waals surface area contributed by atoms with Crippen molar-refractivity contribution in [2.24, 2.45) is 5.92 Å². The number of carbonyl (C=O) groups excluding carboxylic acids is 1. The van der Waals surface area contributed by atoms with Crippen molar-refractivity contribution >= 4 is 16.6 Å². The minimum absolute atomic E-state index is 0.0893. The number of likely N-dealkylation sites (N-methyl/N-ethyl adjacent to an activating group) is 1. The lowest BCUT2D eigenvalue weighted by Crippen LogP contribution is -2.37. The van der Waals surface area contributed by atoms with E-state index >= 15 is 0 Å². The molecule has 1 saturated heterocycles. The summed E-state index contributed by atoms with van der Waals surface area (Å²) in [5.74, 6) is -0.0150. The van der Waals surface area contributed by atoms with E-state index in [2.05, 4.69) is 10.3 Å². The molecule has 2 aromatic rings. The van der Waals surface area contributed by atoms with Crippen molar-refractivity contribution in [3.8, 4) is 0 Å². The van der Waals surface area contributed by atoms with E-state index in [1.54, 1.807) is 12.4 Å². The molecule has 0 aliphatic carbocycles. The Bertz CT molecular complexity index is 607. The quantitative estimate of drug-likeness (QED) is 0.848. The molecule has 0 radical (unpaired) electrons. The molecule has 1 N–H and O–H groups in total. The van der Waals surface area contributed by atoms with Crippen molar-refractivity contribution in [2.75, 3.05) is 20.3 Å². The van der Waals surface area contributed by atoms with Crippen LogP contribution in [0.4, 0.5) is 0 Å². The number of nitrogens with zero attached hydrogens (tertiary/aromatic N) is 1. The lowest BCUT2D eigenvalue weighted by molar-refractivity contribution is 0.0894. The average Bonchev–Trinajstić information content (AvgIpc) is 2.94. The summed E-state index contributed by atoms with van der Waals surface area (Å²) < 4.78 is 5.41. The number of carbonyl (C=O) groups is 1. The maximum Gasteiger partial charge on any atom is 0.172 e. The zero-order valence-electron chi connectivity index (χ0n) is 10.8. The lowest BCUT2D eigenvalue weighted by Gasteiger charge is -2.16. The van der Waals surface area contributed by atoms with Gasteiger partial charge in [-0.3, -0.25) is 9.78 Å². The van der Waals surface area contributed by atoms with Gasteiger partial charge in [-0.25, -0.2) is 0 Å². The Hall–Kier alpha value is -1.78. The van der Waals surface area contributed by atoms with Gasteiger partial charge in [0.05, 0.1) is 19.1 Å². The van der Waals surface area contributed by atoms with E-state index in [0.717, 1.165) is 10.8 Å². The van der Waals surface area contributed by atoms with Crippen LogP contribution in [-0.2, 0) is 4.74 Å². The molecule has 2 atom stereocenters. The molecule has 1 fully saturated rings. The third-order valence-corrected chi connectivity index (χ3v) is 3.72. The first kappa shape index (κ1) is 12.3. The van der Waals surface area contributed by atoms with E-state index in [-0.39, 0.29) is 17.7 Å². The van der Waals surface area contributed by atoms with Crippen LogP contribution >= 0.6 is 0 Å². The smallest absolute Gasteiger partial charge is 0.172 e. The van der Waals surface area contributed by atoms with Crippen LogP contribution in [0.2, 0.25) is 0 Å². The fraction of sp³-hybridized carbons (Fsp3) is 0.333. The Morgan fingerprint density at radius 3 is 3.00 bits per heavy atom. The van der Waals surface area contributed by atoms with Crippen molar-refractivity contribution in [1.82, 2.24) is 10.3 Å². The highest BCUT2D eigenvalue weighted by Gasteiger charge is 2.34. The third kappa shape index (κ3) is 2.13. The van der Waals surface area contributed by atoms with Gasteiger partial charge in [-0.15, -0.1) is 0 Å². The molecule has 0 saturated carbocycles. The van der Waals surface area contributed by atoms with E-state index in [1.807, 2.05) is 31.3 Å². The molecule has 4 nitrogen and oxygen atoms in total. The molecule has 1 aliphatic rings. The van der Waals surface area contributed by atoms with Crippen LogP contribution in [0, 0.1) is 5.92 Å². The zero-order chi connectivity index (χ0) is 13.2. The molecule has 0 amide bonds. The molecule has 1 aliphatic heterocycles. The molecular formula is C15H16N2O2. The van der Waals surface area contributed by atoms with Crippen LogP contribution in [0.1, 0.15) is 10.4 Å². The predicted octanol–water partition coefficient (Wildman–Crippen LogP) is 1.65. The van der Waals surface area contributed by atoms with Crippen molar-refractivity contribution in [3.63, 3.8) is 0 Å². The second-order valence-corrected chi connectivity index (χ2v) is 4.81. The number of aromatic nitrogens is 1. The Balaban J connectivity index is 2.02. The minimum Gasteiger partial charge on any atom is -0.379 e. The predicted molar refractivity (Wildman–Crippen MR) is 73.2 cm³/mol. The van der Waals surface area contributed by atoms with Gasteiger partial charge < -0.3 is 10.1 Å². The molecule has 2 unspecified atom stereocenters. The Kier molecular flexibility index (Phi) is 3.27. The first-order valence-electron chi connectivity index (χ1n) is 6.43. The number of nitrogens with one attached hydrogen (secondary N) is 1. The van der Waals surface area contributed by atoms with Crippen molar-refractivity contribution in [1.29, 1.82) is 0 Å². The molecule has 1 aromatic heterocycles. The molecular weight excluding hydrogens is 240 g/mol. The Morgan fingerprint density at radius 2 is 2.16 bits per heavy atom. The van der Waals surface area contributed by atoms with Gasteiger partial charge in [0.2, 0.25) is 0 Å². The van der Waals surface area contributed by atoms with Crippen LogP contribution in [0.15, 0.2) is 36.7 Å². The first-order valence-corrected chi connectivity index (χ1v) is 6.43. The third-order valence-electron chi connectivity index (χ3n) is 3.72. The van der Waals surface area contributed by atoms with Gasteiger partial charge in [-0.2, -0.15) is 0 Å². The summed E-state index contributed by atoms with van der Waals surface area (Å²) in [5, 5.41) is 5.10. The summed E-state index contributed by atoms with van der Waals surface area (Å²) in [6, 6.07) is 7.92. The average molecular weight is 256 g/mol. The van der Waals surface area contributed by atoms with E-state index in [1.165, 1.54) is 0 Å². The molecule has 3 rings (SSSR count). The fourth-order valence-electron chi connectivity index (χ4n) is 2.61. The normalized spacial score (nSPS) is 22.8. The number of hydrogen-bond acceptors (Lipinski definition) is 4. The molecule has 19 heavy (non-hydrogen) atoms. The topological polar surface area (TPSA) is 51.2 Å². The van der Waals surface area contributed by atoms with Gasteiger partial charge in [-0.1, -0.05) is 24.3 Å². The van der Waals surface area contributed by atoms with Crippen LogP contribution in [-0.4, -0.2) is 37.1 Å². The van der Waals surface area contributed by atoms with E-state index in [0.29, 0.717) is 18.8 Å².